The molecule has 0 aliphatic heterocycles. The minimum atomic E-state index is -0.327. The van der Waals surface area contributed by atoms with E-state index in [9.17, 15) is 4.79 Å². The van der Waals surface area contributed by atoms with Gasteiger partial charge in [-0.25, -0.2) is 5.43 Å². The molecule has 2 aromatic rings. The third-order valence-electron chi connectivity index (χ3n) is 2.58. The largest absolute Gasteiger partial charge is 0.481 e. The van der Waals surface area contributed by atoms with E-state index in [1.54, 1.807) is 17.6 Å². The van der Waals surface area contributed by atoms with Crippen molar-refractivity contribution in [2.75, 3.05) is 6.61 Å². The Balaban J connectivity index is 1.88. The Morgan fingerprint density at radius 3 is 2.64 bits per heavy atom. The first-order chi connectivity index (χ1) is 10.5. The highest BCUT2D eigenvalue weighted by Crippen LogP contribution is 2.36. The van der Waals surface area contributed by atoms with E-state index >= 15 is 0 Å². The molecule has 4 nitrogen and oxygen atoms in total. The maximum Gasteiger partial charge on any atom is 0.277 e. The molecule has 0 aliphatic rings. The number of hydrazone groups is 1. The van der Waals surface area contributed by atoms with E-state index in [2.05, 4.69) is 58.3 Å². The monoisotopic (exact) mass is 508 g/mol. The van der Waals surface area contributed by atoms with Crippen LogP contribution >= 0.6 is 59.1 Å². The third kappa shape index (κ3) is 4.91. The smallest absolute Gasteiger partial charge is 0.277 e. The van der Waals surface area contributed by atoms with Crippen LogP contribution in [0.3, 0.4) is 0 Å². The number of thiophene rings is 1. The fourth-order valence-electron chi connectivity index (χ4n) is 1.52. The summed E-state index contributed by atoms with van der Waals surface area (Å²) >= 11 is 11.7. The van der Waals surface area contributed by atoms with E-state index in [-0.39, 0.29) is 12.5 Å². The molecule has 116 valence electrons. The summed E-state index contributed by atoms with van der Waals surface area (Å²) in [6, 6.07) is 5.69. The molecule has 22 heavy (non-hydrogen) atoms. The maximum atomic E-state index is 11.7. The van der Waals surface area contributed by atoms with Crippen LogP contribution in [0.15, 0.2) is 42.1 Å². The maximum absolute atomic E-state index is 11.7. The van der Waals surface area contributed by atoms with E-state index in [4.69, 9.17) is 4.74 Å². The standard InChI is InChI=1S/C14H11Br3N2O2S/c1-8-2-3-22-12(8)6-18-19-13(20)7-21-14-10(16)4-9(15)5-11(14)17/h2-6H,7H2,1H3,(H,19,20). The molecule has 0 unspecified atom stereocenters. The Morgan fingerprint density at radius 1 is 1.36 bits per heavy atom. The van der Waals surface area contributed by atoms with Crippen molar-refractivity contribution in [3.63, 3.8) is 0 Å². The molecular weight excluding hydrogens is 500 g/mol. The predicted molar refractivity (Wildman–Crippen MR) is 99.8 cm³/mol. The highest BCUT2D eigenvalue weighted by molar-refractivity contribution is 9.11. The number of hydrogen-bond acceptors (Lipinski definition) is 4. The number of carbonyl (C=O) groups is 1. The van der Waals surface area contributed by atoms with Gasteiger partial charge in [-0.3, -0.25) is 4.79 Å². The third-order valence-corrected chi connectivity index (χ3v) is 5.17. The van der Waals surface area contributed by atoms with E-state index in [0.29, 0.717) is 5.75 Å². The molecule has 1 aromatic carbocycles. The number of hydrogen-bond donors (Lipinski definition) is 1. The van der Waals surface area contributed by atoms with Gasteiger partial charge in [-0.1, -0.05) is 15.9 Å². The van der Waals surface area contributed by atoms with Gasteiger partial charge in [-0.05, 0) is 67.9 Å². The minimum Gasteiger partial charge on any atom is -0.481 e. The van der Waals surface area contributed by atoms with Gasteiger partial charge in [-0.15, -0.1) is 11.3 Å². The zero-order chi connectivity index (χ0) is 16.1. The number of rotatable bonds is 5. The first-order valence-corrected chi connectivity index (χ1v) is 9.36. The summed E-state index contributed by atoms with van der Waals surface area (Å²) in [5, 5.41) is 5.90. The zero-order valence-corrected chi connectivity index (χ0v) is 17.0. The van der Waals surface area contributed by atoms with Crippen LogP contribution in [0, 0.1) is 6.92 Å². The van der Waals surface area contributed by atoms with Crippen LogP contribution in [-0.4, -0.2) is 18.7 Å². The summed E-state index contributed by atoms with van der Waals surface area (Å²) in [4.78, 5) is 12.7. The number of halogens is 3. The second-order valence-electron chi connectivity index (χ2n) is 4.25. The van der Waals surface area contributed by atoms with Crippen molar-refractivity contribution in [3.8, 4) is 5.75 Å². The molecular formula is C14H11Br3N2O2S. The molecule has 1 aromatic heterocycles. The van der Waals surface area contributed by atoms with Gasteiger partial charge in [0, 0.05) is 9.35 Å². The van der Waals surface area contributed by atoms with Gasteiger partial charge in [-0.2, -0.15) is 5.10 Å². The van der Waals surface area contributed by atoms with Crippen LogP contribution in [0.2, 0.25) is 0 Å². The van der Waals surface area contributed by atoms with Crippen molar-refractivity contribution in [1.82, 2.24) is 5.43 Å². The Labute approximate surface area is 157 Å². The zero-order valence-electron chi connectivity index (χ0n) is 11.4. The van der Waals surface area contributed by atoms with E-state index in [1.165, 1.54) is 0 Å². The molecule has 0 spiro atoms. The van der Waals surface area contributed by atoms with Crippen molar-refractivity contribution in [2.24, 2.45) is 5.10 Å². The second kappa shape index (κ2) is 8.24. The Morgan fingerprint density at radius 2 is 2.05 bits per heavy atom. The number of nitrogens with zero attached hydrogens (tertiary/aromatic N) is 1. The van der Waals surface area contributed by atoms with Crippen LogP contribution in [0.5, 0.6) is 5.75 Å². The fraction of sp³-hybridized carbons (Fsp3) is 0.143. The Bertz CT molecular complexity index is 693. The number of carbonyl (C=O) groups excluding carboxylic acids is 1. The molecule has 0 fully saturated rings. The number of benzene rings is 1. The number of ether oxygens (including phenoxy) is 1. The van der Waals surface area contributed by atoms with Crippen LogP contribution in [-0.2, 0) is 4.79 Å². The Kier molecular flexibility index (Phi) is 6.61. The lowest BCUT2D eigenvalue weighted by molar-refractivity contribution is -0.123. The average molecular weight is 511 g/mol. The van der Waals surface area contributed by atoms with Gasteiger partial charge >= 0.3 is 0 Å². The summed E-state index contributed by atoms with van der Waals surface area (Å²) in [6.07, 6.45) is 1.63. The van der Waals surface area contributed by atoms with Crippen molar-refractivity contribution >= 4 is 71.2 Å². The van der Waals surface area contributed by atoms with E-state index in [0.717, 1.165) is 23.9 Å². The first-order valence-electron chi connectivity index (χ1n) is 6.10. The molecule has 0 atom stereocenters. The molecule has 0 saturated heterocycles. The van der Waals surface area contributed by atoms with Crippen molar-refractivity contribution in [3.05, 3.63) is 47.4 Å². The van der Waals surface area contributed by atoms with Crippen molar-refractivity contribution < 1.29 is 9.53 Å². The van der Waals surface area contributed by atoms with Gasteiger partial charge in [0.25, 0.3) is 5.91 Å². The molecule has 8 heteroatoms. The van der Waals surface area contributed by atoms with Gasteiger partial charge in [0.15, 0.2) is 6.61 Å². The summed E-state index contributed by atoms with van der Waals surface area (Å²) in [5.74, 6) is 0.239. The fourth-order valence-corrected chi connectivity index (χ4v) is 4.79. The molecule has 2 rings (SSSR count). The molecule has 0 aliphatic carbocycles. The highest BCUT2D eigenvalue weighted by Gasteiger charge is 2.10. The molecule has 0 saturated carbocycles. The number of aryl methyl sites for hydroxylation is 1. The number of amides is 1. The molecule has 0 radical (unpaired) electrons. The molecule has 1 heterocycles. The van der Waals surface area contributed by atoms with E-state index in [1.807, 2.05) is 30.5 Å². The van der Waals surface area contributed by atoms with Crippen LogP contribution in [0.25, 0.3) is 0 Å². The summed E-state index contributed by atoms with van der Waals surface area (Å²) in [5.41, 5.74) is 3.57. The number of nitrogens with one attached hydrogen (secondary N) is 1. The van der Waals surface area contributed by atoms with Crippen molar-refractivity contribution in [2.45, 2.75) is 6.92 Å². The van der Waals surface area contributed by atoms with Crippen molar-refractivity contribution in [1.29, 1.82) is 0 Å². The van der Waals surface area contributed by atoms with Crippen LogP contribution < -0.4 is 10.2 Å². The average Bonchev–Trinajstić information content (AvgIpc) is 2.83. The lowest BCUT2D eigenvalue weighted by atomic mass is 10.3. The molecule has 1 amide bonds. The lowest BCUT2D eigenvalue weighted by Crippen LogP contribution is -2.24. The Hall–Kier alpha value is -0.700. The summed E-state index contributed by atoms with van der Waals surface area (Å²) in [6.45, 7) is 1.87. The van der Waals surface area contributed by atoms with E-state index < -0.39 is 0 Å². The summed E-state index contributed by atoms with van der Waals surface area (Å²) in [7, 11) is 0. The second-order valence-corrected chi connectivity index (χ2v) is 7.82. The molecule has 0 bridgehead atoms. The topological polar surface area (TPSA) is 50.7 Å². The normalized spacial score (nSPS) is 10.9. The quantitative estimate of drug-likeness (QED) is 0.461. The van der Waals surface area contributed by atoms with Crippen LogP contribution in [0.1, 0.15) is 10.4 Å². The van der Waals surface area contributed by atoms with Gasteiger partial charge in [0.1, 0.15) is 5.75 Å². The first kappa shape index (κ1) is 17.7. The minimum absolute atomic E-state index is 0.125. The predicted octanol–water partition coefficient (Wildman–Crippen LogP) is 4.87. The lowest BCUT2D eigenvalue weighted by Gasteiger charge is -2.09. The summed E-state index contributed by atoms with van der Waals surface area (Å²) < 4.78 is 7.90. The SMILES string of the molecule is Cc1ccsc1C=NNC(=O)COc1c(Br)cc(Br)cc1Br. The highest BCUT2D eigenvalue weighted by atomic mass is 79.9. The van der Waals surface area contributed by atoms with Gasteiger partial charge in [0.2, 0.25) is 0 Å². The van der Waals surface area contributed by atoms with Crippen LogP contribution in [0.4, 0.5) is 0 Å². The van der Waals surface area contributed by atoms with Gasteiger partial charge in [0.05, 0.1) is 15.2 Å². The molecule has 1 N–H and O–H groups in total. The van der Waals surface area contributed by atoms with Gasteiger partial charge < -0.3 is 4.74 Å².